The number of β-amino-alcohol motifs (C(OH)–C–C–N with tert-alkyl or cyclic N) is 1. The Labute approximate surface area is 201 Å². The van der Waals surface area contributed by atoms with Crippen molar-refractivity contribution in [3.63, 3.8) is 0 Å². The van der Waals surface area contributed by atoms with Crippen LogP contribution >= 0.6 is 0 Å². The van der Waals surface area contributed by atoms with Crippen molar-refractivity contribution in [2.75, 3.05) is 17.6 Å². The summed E-state index contributed by atoms with van der Waals surface area (Å²) in [5.74, 6) is 0.463. The highest BCUT2D eigenvalue weighted by atomic mass is 19.1. The topological polar surface area (TPSA) is 122 Å². The fourth-order valence-electron chi connectivity index (χ4n) is 4.37. The van der Waals surface area contributed by atoms with Crippen LogP contribution in [0.5, 0.6) is 0 Å². The van der Waals surface area contributed by atoms with E-state index in [4.69, 9.17) is 5.73 Å². The van der Waals surface area contributed by atoms with Gasteiger partial charge < -0.3 is 21.1 Å². The summed E-state index contributed by atoms with van der Waals surface area (Å²) in [5, 5.41) is 19.7. The number of aromatic nitrogens is 4. The molecule has 0 saturated heterocycles. The zero-order valence-electron chi connectivity index (χ0n) is 19.7. The number of rotatable bonds is 4. The molecule has 9 nitrogen and oxygen atoms in total. The van der Waals surface area contributed by atoms with Gasteiger partial charge in [-0.1, -0.05) is 0 Å². The summed E-state index contributed by atoms with van der Waals surface area (Å²) in [7, 11) is 0. The van der Waals surface area contributed by atoms with Crippen LogP contribution in [0, 0.1) is 12.7 Å². The summed E-state index contributed by atoms with van der Waals surface area (Å²) >= 11 is 0. The maximum absolute atomic E-state index is 14.9. The van der Waals surface area contributed by atoms with Gasteiger partial charge in [-0.05, 0) is 49.9 Å². The predicted octanol–water partition coefficient (Wildman–Crippen LogP) is 3.55. The number of nitrogens with two attached hydrogens (primary N) is 1. The number of carbonyl (C=O) groups excluding carboxylic acids is 1. The first-order valence-corrected chi connectivity index (χ1v) is 11.3. The first-order chi connectivity index (χ1) is 16.7. The number of benzene rings is 1. The lowest BCUT2D eigenvalue weighted by Crippen LogP contribution is -2.39. The number of aliphatic hydroxyl groups excluding tert-OH is 1. The number of nitrogens with one attached hydrogen (secondary N) is 1. The lowest BCUT2D eigenvalue weighted by atomic mass is 9.99. The van der Waals surface area contributed by atoms with Gasteiger partial charge in [0, 0.05) is 41.0 Å². The molecule has 35 heavy (non-hydrogen) atoms. The Bertz CT molecular complexity index is 1450. The molecule has 180 valence electrons. The number of hydrogen-bond acceptors (Lipinski definition) is 7. The minimum absolute atomic E-state index is 0.0113. The number of anilines is 3. The molecule has 0 saturated carbocycles. The number of carbonyl (C=O) groups is 1. The lowest BCUT2D eigenvalue weighted by molar-refractivity contribution is -0.134. The molecule has 1 aromatic carbocycles. The number of fused-ring (bicyclic) bond motifs is 2. The van der Waals surface area contributed by atoms with Crippen LogP contribution in [0.2, 0.25) is 0 Å². The van der Waals surface area contributed by atoms with Crippen LogP contribution in [0.3, 0.4) is 0 Å². The van der Waals surface area contributed by atoms with Crippen LogP contribution in [-0.2, 0) is 11.3 Å². The Morgan fingerprint density at radius 3 is 2.69 bits per heavy atom. The SMILES string of the molecule is Cc1c(N)cncc1-c1cc2cc(Nc3cc4n(n3)CC(=O)N(C(C)C)C[C@H]4O)ncc2cc1F. The average Bonchev–Trinajstić information content (AvgIpc) is 3.15. The van der Waals surface area contributed by atoms with Crippen LogP contribution in [0.25, 0.3) is 21.9 Å². The van der Waals surface area contributed by atoms with Gasteiger partial charge in [-0.3, -0.25) is 14.5 Å². The van der Waals surface area contributed by atoms with Crippen LogP contribution < -0.4 is 11.1 Å². The summed E-state index contributed by atoms with van der Waals surface area (Å²) in [6.07, 6.45) is 3.87. The first-order valence-electron chi connectivity index (χ1n) is 11.3. The second-order valence-electron chi connectivity index (χ2n) is 9.04. The zero-order chi connectivity index (χ0) is 24.9. The fourth-order valence-corrected chi connectivity index (χ4v) is 4.37. The second-order valence-corrected chi connectivity index (χ2v) is 9.04. The molecule has 0 fully saturated rings. The normalized spacial score (nSPS) is 16.0. The van der Waals surface area contributed by atoms with Crippen LogP contribution in [0.15, 0.2) is 42.9 Å². The summed E-state index contributed by atoms with van der Waals surface area (Å²) in [4.78, 5) is 22.7. The summed E-state index contributed by atoms with van der Waals surface area (Å²) in [6.45, 7) is 5.92. The minimum Gasteiger partial charge on any atom is -0.397 e. The van der Waals surface area contributed by atoms with Gasteiger partial charge >= 0.3 is 0 Å². The fraction of sp³-hybridized carbons (Fsp3) is 0.280. The van der Waals surface area contributed by atoms with E-state index in [1.807, 2.05) is 20.8 Å². The number of amides is 1. The number of hydrogen-bond donors (Lipinski definition) is 3. The standard InChI is InChI=1S/C25H26FN7O2/c1-13(2)32-11-22(34)21-7-24(31-33(21)12-25(32)35)30-23-6-15-4-17(19(26)5-16(15)8-29-23)18-9-28-10-20(27)14(18)3/h4-10,13,22,34H,11-12,27H2,1-3H3,(H,29,30,31)/t22-/m1/s1. The van der Waals surface area contributed by atoms with E-state index >= 15 is 0 Å². The van der Waals surface area contributed by atoms with E-state index < -0.39 is 6.10 Å². The Hall–Kier alpha value is -4.05. The van der Waals surface area contributed by atoms with Gasteiger partial charge in [-0.25, -0.2) is 9.37 Å². The van der Waals surface area contributed by atoms with Gasteiger partial charge in [0.05, 0.1) is 24.1 Å². The van der Waals surface area contributed by atoms with E-state index in [-0.39, 0.29) is 30.9 Å². The van der Waals surface area contributed by atoms with E-state index in [1.165, 1.54) is 10.7 Å². The van der Waals surface area contributed by atoms with Gasteiger partial charge in [-0.2, -0.15) is 5.10 Å². The monoisotopic (exact) mass is 475 g/mol. The maximum atomic E-state index is 14.9. The maximum Gasteiger partial charge on any atom is 0.244 e. The van der Waals surface area contributed by atoms with E-state index in [2.05, 4.69) is 20.4 Å². The van der Waals surface area contributed by atoms with Gasteiger partial charge in [0.25, 0.3) is 0 Å². The lowest BCUT2D eigenvalue weighted by Gasteiger charge is -2.26. The Balaban J connectivity index is 1.46. The molecule has 0 aliphatic carbocycles. The Morgan fingerprint density at radius 1 is 1.11 bits per heavy atom. The third kappa shape index (κ3) is 4.17. The van der Waals surface area contributed by atoms with Crippen LogP contribution in [0.4, 0.5) is 21.7 Å². The predicted molar refractivity (Wildman–Crippen MR) is 131 cm³/mol. The Kier molecular flexibility index (Phi) is 5.60. The molecule has 0 radical (unpaired) electrons. The average molecular weight is 476 g/mol. The van der Waals surface area contributed by atoms with Crippen molar-refractivity contribution in [2.45, 2.75) is 39.5 Å². The molecule has 1 aliphatic rings. The van der Waals surface area contributed by atoms with Crippen LogP contribution in [-0.4, -0.2) is 48.2 Å². The summed E-state index contributed by atoms with van der Waals surface area (Å²) in [5.41, 5.74) is 8.80. The molecule has 1 atom stereocenters. The van der Waals surface area contributed by atoms with E-state index in [0.29, 0.717) is 39.5 Å². The first kappa shape index (κ1) is 22.7. The molecule has 0 bridgehead atoms. The Morgan fingerprint density at radius 2 is 1.91 bits per heavy atom. The van der Waals surface area contributed by atoms with Crippen molar-refractivity contribution in [3.8, 4) is 11.1 Å². The molecule has 10 heteroatoms. The molecule has 4 aromatic rings. The zero-order valence-corrected chi connectivity index (χ0v) is 19.7. The number of nitrogens with zero attached hydrogens (tertiary/aromatic N) is 5. The molecule has 4 heterocycles. The smallest absolute Gasteiger partial charge is 0.244 e. The summed E-state index contributed by atoms with van der Waals surface area (Å²) in [6, 6.07) is 6.67. The molecule has 0 unspecified atom stereocenters. The van der Waals surface area contributed by atoms with Crippen molar-refractivity contribution in [1.29, 1.82) is 0 Å². The molecular weight excluding hydrogens is 449 g/mol. The molecular formula is C25H26FN7O2. The number of halogens is 1. The van der Waals surface area contributed by atoms with Gasteiger partial charge in [0.2, 0.25) is 5.91 Å². The van der Waals surface area contributed by atoms with Gasteiger partial charge in [-0.15, -0.1) is 0 Å². The minimum atomic E-state index is -0.850. The van der Waals surface area contributed by atoms with Crippen molar-refractivity contribution in [2.24, 2.45) is 0 Å². The molecule has 3 aromatic heterocycles. The van der Waals surface area contributed by atoms with Crippen molar-refractivity contribution < 1.29 is 14.3 Å². The highest BCUT2D eigenvalue weighted by Gasteiger charge is 2.29. The van der Waals surface area contributed by atoms with E-state index in [9.17, 15) is 14.3 Å². The largest absolute Gasteiger partial charge is 0.397 e. The van der Waals surface area contributed by atoms with Crippen molar-refractivity contribution in [3.05, 3.63) is 59.9 Å². The molecule has 0 spiro atoms. The highest BCUT2D eigenvalue weighted by molar-refractivity contribution is 5.90. The number of aliphatic hydroxyl groups is 1. The van der Waals surface area contributed by atoms with E-state index in [1.54, 1.807) is 41.7 Å². The number of pyridine rings is 2. The quantitative estimate of drug-likeness (QED) is 0.413. The molecule has 1 aliphatic heterocycles. The highest BCUT2D eigenvalue weighted by Crippen LogP contribution is 2.32. The molecule has 4 N–H and O–H groups in total. The third-order valence-electron chi connectivity index (χ3n) is 6.36. The van der Waals surface area contributed by atoms with Crippen LogP contribution in [0.1, 0.15) is 31.2 Å². The summed E-state index contributed by atoms with van der Waals surface area (Å²) < 4.78 is 16.4. The third-order valence-corrected chi connectivity index (χ3v) is 6.36. The van der Waals surface area contributed by atoms with Gasteiger partial charge in [0.15, 0.2) is 5.82 Å². The number of nitrogen functional groups attached to an aromatic ring is 1. The van der Waals surface area contributed by atoms with E-state index in [0.717, 1.165) is 10.9 Å². The molecule has 5 rings (SSSR count). The van der Waals surface area contributed by atoms with Gasteiger partial charge in [0.1, 0.15) is 24.3 Å². The van der Waals surface area contributed by atoms with Crippen molar-refractivity contribution in [1.82, 2.24) is 24.6 Å². The molecule has 1 amide bonds. The second kappa shape index (κ2) is 8.62. The van der Waals surface area contributed by atoms with Crippen molar-refractivity contribution >= 4 is 34.0 Å².